The van der Waals surface area contributed by atoms with E-state index in [-0.39, 0.29) is 5.69 Å². The minimum Gasteiger partial charge on any atom is -0.496 e. The SMILES string of the molecule is COc1ccc([N+](=O)[O-])cc1CNCc1cc(C)c(C)s1. The Balaban J connectivity index is 2.04. The molecule has 6 heteroatoms. The second-order valence-electron chi connectivity index (χ2n) is 4.81. The Morgan fingerprint density at radius 2 is 2.05 bits per heavy atom. The lowest BCUT2D eigenvalue weighted by atomic mass is 10.1. The van der Waals surface area contributed by atoms with Gasteiger partial charge in [-0.05, 0) is 31.5 Å². The maximum Gasteiger partial charge on any atom is 0.270 e. The minimum absolute atomic E-state index is 0.0791. The highest BCUT2D eigenvalue weighted by Gasteiger charge is 2.11. The smallest absolute Gasteiger partial charge is 0.270 e. The summed E-state index contributed by atoms with van der Waals surface area (Å²) >= 11 is 1.77. The lowest BCUT2D eigenvalue weighted by Crippen LogP contribution is -2.12. The van der Waals surface area contributed by atoms with Crippen molar-refractivity contribution < 1.29 is 9.66 Å². The average Bonchev–Trinajstić information content (AvgIpc) is 2.77. The molecule has 2 aromatic rings. The largest absolute Gasteiger partial charge is 0.496 e. The number of non-ortho nitro benzene ring substituents is 1. The molecule has 1 aromatic heterocycles. The number of nitrogens with one attached hydrogen (secondary N) is 1. The van der Waals surface area contributed by atoms with Gasteiger partial charge < -0.3 is 10.1 Å². The zero-order valence-electron chi connectivity index (χ0n) is 12.3. The van der Waals surface area contributed by atoms with Crippen LogP contribution in [0, 0.1) is 24.0 Å². The van der Waals surface area contributed by atoms with Gasteiger partial charge in [0.2, 0.25) is 0 Å². The molecule has 0 saturated carbocycles. The summed E-state index contributed by atoms with van der Waals surface area (Å²) < 4.78 is 5.25. The van der Waals surface area contributed by atoms with E-state index in [2.05, 4.69) is 25.2 Å². The van der Waals surface area contributed by atoms with Crippen LogP contribution in [0.1, 0.15) is 20.9 Å². The molecule has 2 rings (SSSR count). The summed E-state index contributed by atoms with van der Waals surface area (Å²) in [6.07, 6.45) is 0. The van der Waals surface area contributed by atoms with E-state index in [0.717, 1.165) is 12.1 Å². The average molecular weight is 306 g/mol. The molecule has 0 aliphatic heterocycles. The lowest BCUT2D eigenvalue weighted by Gasteiger charge is -2.09. The Labute approximate surface area is 127 Å². The molecule has 0 spiro atoms. The van der Waals surface area contributed by atoms with Crippen molar-refractivity contribution in [2.45, 2.75) is 26.9 Å². The van der Waals surface area contributed by atoms with E-state index in [1.54, 1.807) is 30.6 Å². The molecule has 0 radical (unpaired) electrons. The number of nitro groups is 1. The van der Waals surface area contributed by atoms with Crippen LogP contribution in [0.2, 0.25) is 0 Å². The molecule has 0 aliphatic carbocycles. The second kappa shape index (κ2) is 6.69. The summed E-state index contributed by atoms with van der Waals surface area (Å²) in [5, 5.41) is 14.1. The van der Waals surface area contributed by atoms with E-state index >= 15 is 0 Å². The Bertz CT molecular complexity index is 633. The van der Waals surface area contributed by atoms with Gasteiger partial charge in [-0.15, -0.1) is 11.3 Å². The van der Waals surface area contributed by atoms with Crippen molar-refractivity contribution in [2.24, 2.45) is 0 Å². The van der Waals surface area contributed by atoms with Crippen molar-refractivity contribution in [2.75, 3.05) is 7.11 Å². The summed E-state index contributed by atoms with van der Waals surface area (Å²) in [5.41, 5.74) is 2.16. The van der Waals surface area contributed by atoms with Crippen LogP contribution in [0.5, 0.6) is 5.75 Å². The van der Waals surface area contributed by atoms with Crippen molar-refractivity contribution in [3.63, 3.8) is 0 Å². The van der Waals surface area contributed by atoms with Crippen LogP contribution in [-0.2, 0) is 13.1 Å². The van der Waals surface area contributed by atoms with E-state index in [0.29, 0.717) is 12.3 Å². The third-order valence-electron chi connectivity index (χ3n) is 3.31. The van der Waals surface area contributed by atoms with Gasteiger partial charge in [0.15, 0.2) is 0 Å². The molecule has 1 heterocycles. The highest BCUT2D eigenvalue weighted by atomic mass is 32.1. The number of methoxy groups -OCH3 is 1. The zero-order chi connectivity index (χ0) is 15.4. The van der Waals surface area contributed by atoms with E-state index in [1.807, 2.05) is 0 Å². The predicted octanol–water partition coefficient (Wildman–Crippen LogP) is 3.57. The van der Waals surface area contributed by atoms with E-state index in [1.165, 1.54) is 21.4 Å². The molecule has 0 aliphatic rings. The van der Waals surface area contributed by atoms with Gasteiger partial charge >= 0.3 is 0 Å². The zero-order valence-corrected chi connectivity index (χ0v) is 13.1. The summed E-state index contributed by atoms with van der Waals surface area (Å²) in [6, 6.07) is 6.80. The van der Waals surface area contributed by atoms with Gasteiger partial charge in [0.25, 0.3) is 5.69 Å². The molecule has 21 heavy (non-hydrogen) atoms. The van der Waals surface area contributed by atoms with Gasteiger partial charge in [0.1, 0.15) is 5.75 Å². The number of ether oxygens (including phenoxy) is 1. The van der Waals surface area contributed by atoms with Gasteiger partial charge in [-0.2, -0.15) is 0 Å². The predicted molar refractivity (Wildman–Crippen MR) is 84.0 cm³/mol. The summed E-state index contributed by atoms with van der Waals surface area (Å²) in [5.74, 6) is 0.659. The lowest BCUT2D eigenvalue weighted by molar-refractivity contribution is -0.384. The standard InChI is InChI=1S/C15H18N2O3S/c1-10-6-14(21-11(10)2)9-16-8-12-7-13(17(18)19)4-5-15(12)20-3/h4-7,16H,8-9H2,1-3H3. The topological polar surface area (TPSA) is 64.4 Å². The minimum atomic E-state index is -0.394. The highest BCUT2D eigenvalue weighted by Crippen LogP contribution is 2.24. The number of hydrogen-bond donors (Lipinski definition) is 1. The molecule has 1 aromatic carbocycles. The number of nitrogens with zero attached hydrogens (tertiary/aromatic N) is 1. The van der Waals surface area contributed by atoms with Crippen LogP contribution in [0.25, 0.3) is 0 Å². The first-order valence-electron chi connectivity index (χ1n) is 6.59. The number of hydrogen-bond acceptors (Lipinski definition) is 5. The number of nitro benzene ring substituents is 1. The van der Waals surface area contributed by atoms with Crippen LogP contribution in [0.15, 0.2) is 24.3 Å². The van der Waals surface area contributed by atoms with Crippen molar-refractivity contribution in [1.82, 2.24) is 5.32 Å². The van der Waals surface area contributed by atoms with Crippen LogP contribution in [0.3, 0.4) is 0 Å². The highest BCUT2D eigenvalue weighted by molar-refractivity contribution is 7.12. The van der Waals surface area contributed by atoms with Gasteiger partial charge in [-0.1, -0.05) is 0 Å². The molecular formula is C15H18N2O3S. The third kappa shape index (κ3) is 3.80. The van der Waals surface area contributed by atoms with E-state index in [4.69, 9.17) is 4.74 Å². The molecule has 0 saturated heterocycles. The van der Waals surface area contributed by atoms with Crippen LogP contribution in [-0.4, -0.2) is 12.0 Å². The van der Waals surface area contributed by atoms with Crippen LogP contribution in [0.4, 0.5) is 5.69 Å². The fraction of sp³-hybridized carbons (Fsp3) is 0.333. The van der Waals surface area contributed by atoms with Gasteiger partial charge in [0.05, 0.1) is 12.0 Å². The quantitative estimate of drug-likeness (QED) is 0.654. The van der Waals surface area contributed by atoms with E-state index < -0.39 is 4.92 Å². The van der Waals surface area contributed by atoms with Gasteiger partial charge in [-0.25, -0.2) is 0 Å². The first-order chi connectivity index (χ1) is 10.0. The van der Waals surface area contributed by atoms with Crippen molar-refractivity contribution in [3.05, 3.63) is 55.3 Å². The number of rotatable bonds is 6. The summed E-state index contributed by atoms with van der Waals surface area (Å²) in [4.78, 5) is 13.0. The molecule has 0 bridgehead atoms. The van der Waals surface area contributed by atoms with Gasteiger partial charge in [-0.3, -0.25) is 10.1 Å². The van der Waals surface area contributed by atoms with E-state index in [9.17, 15) is 10.1 Å². The van der Waals surface area contributed by atoms with Crippen molar-refractivity contribution in [3.8, 4) is 5.75 Å². The third-order valence-corrected chi connectivity index (χ3v) is 4.46. The Hall–Kier alpha value is -1.92. The fourth-order valence-corrected chi connectivity index (χ4v) is 3.10. The number of thiophene rings is 1. The van der Waals surface area contributed by atoms with Gasteiger partial charge in [0, 0.05) is 40.5 Å². The maximum atomic E-state index is 10.8. The fourth-order valence-electron chi connectivity index (χ4n) is 2.07. The molecule has 0 fully saturated rings. The second-order valence-corrected chi connectivity index (χ2v) is 6.15. The summed E-state index contributed by atoms with van der Waals surface area (Å²) in [6.45, 7) is 5.47. The number of aryl methyl sites for hydroxylation is 2. The Kier molecular flexibility index (Phi) is 4.93. The molecule has 112 valence electrons. The first kappa shape index (κ1) is 15.5. The number of benzene rings is 1. The molecular weight excluding hydrogens is 288 g/mol. The van der Waals surface area contributed by atoms with Crippen molar-refractivity contribution >= 4 is 17.0 Å². The van der Waals surface area contributed by atoms with Crippen molar-refractivity contribution in [1.29, 1.82) is 0 Å². The molecule has 5 nitrogen and oxygen atoms in total. The molecule has 0 unspecified atom stereocenters. The Morgan fingerprint density at radius 1 is 1.29 bits per heavy atom. The summed E-state index contributed by atoms with van der Waals surface area (Å²) in [7, 11) is 1.57. The van der Waals surface area contributed by atoms with Crippen LogP contribution < -0.4 is 10.1 Å². The molecule has 1 N–H and O–H groups in total. The molecule has 0 atom stereocenters. The maximum absolute atomic E-state index is 10.8. The monoisotopic (exact) mass is 306 g/mol. The first-order valence-corrected chi connectivity index (χ1v) is 7.41. The normalized spacial score (nSPS) is 10.6. The van der Waals surface area contributed by atoms with Crippen LogP contribution >= 0.6 is 11.3 Å². The Morgan fingerprint density at radius 3 is 2.62 bits per heavy atom. The molecule has 0 amide bonds.